The quantitative estimate of drug-likeness (QED) is 0.688. The molecule has 0 aliphatic heterocycles. The normalized spacial score (nSPS) is 8.42. The van der Waals surface area contributed by atoms with E-state index in [4.69, 9.17) is 0 Å². The molecule has 0 radical (unpaired) electrons. The number of hydrogen-bond donors (Lipinski definition) is 1. The highest BCUT2D eigenvalue weighted by molar-refractivity contribution is 5.45. The third kappa shape index (κ3) is 2.49. The van der Waals surface area contributed by atoms with Gasteiger partial charge >= 0.3 is 0 Å². The highest BCUT2D eigenvalue weighted by Crippen LogP contribution is 2.16. The van der Waals surface area contributed by atoms with Crippen molar-refractivity contribution in [1.29, 1.82) is 0 Å². The number of rotatable bonds is 1. The van der Waals surface area contributed by atoms with Gasteiger partial charge in [-0.15, -0.1) is 0 Å². The van der Waals surface area contributed by atoms with Gasteiger partial charge in [0.05, 0.1) is 0 Å². The van der Waals surface area contributed by atoms with E-state index in [2.05, 4.69) is 5.32 Å². The van der Waals surface area contributed by atoms with E-state index >= 15 is 0 Å². The van der Waals surface area contributed by atoms with Gasteiger partial charge in [-0.05, 0) is 12.1 Å². The highest BCUT2D eigenvalue weighted by Gasteiger charge is 2.03. The first-order valence-electron chi connectivity index (χ1n) is 3.87. The Morgan fingerprint density at radius 2 is 1.50 bits per heavy atom. The fourth-order valence-corrected chi connectivity index (χ4v) is 0.737. The van der Waals surface area contributed by atoms with Gasteiger partial charge in [0.2, 0.25) is 0 Å². The standard InChI is InChI=1S/C7H7F2N.C2H6/c1-10-7-5(8)3-2-4-6(7)9;1-2/h2-4,10H,1H3;1-2H3. The third-order valence-corrected chi connectivity index (χ3v) is 1.21. The molecular weight excluding hydrogens is 160 g/mol. The van der Waals surface area contributed by atoms with Crippen molar-refractivity contribution in [2.75, 3.05) is 12.4 Å². The molecule has 3 heteroatoms. The molecule has 1 aromatic rings. The topological polar surface area (TPSA) is 12.0 Å². The molecule has 0 heterocycles. The largest absolute Gasteiger partial charge is 0.383 e. The lowest BCUT2D eigenvalue weighted by atomic mass is 10.3. The van der Waals surface area contributed by atoms with Crippen LogP contribution in [0.1, 0.15) is 13.8 Å². The monoisotopic (exact) mass is 173 g/mol. The summed E-state index contributed by atoms with van der Waals surface area (Å²) in [4.78, 5) is 0. The number of para-hydroxylation sites is 1. The van der Waals surface area contributed by atoms with Crippen molar-refractivity contribution in [3.05, 3.63) is 29.8 Å². The number of nitrogens with one attached hydrogen (secondary N) is 1. The maximum atomic E-state index is 12.5. The minimum absolute atomic E-state index is 0.0810. The van der Waals surface area contributed by atoms with E-state index in [-0.39, 0.29) is 5.69 Å². The van der Waals surface area contributed by atoms with Gasteiger partial charge in [-0.2, -0.15) is 0 Å². The Hall–Kier alpha value is -1.12. The molecule has 0 saturated heterocycles. The molecule has 1 N–H and O–H groups in total. The summed E-state index contributed by atoms with van der Waals surface area (Å²) in [5.74, 6) is -1.13. The zero-order chi connectivity index (χ0) is 9.56. The fraction of sp³-hybridized carbons (Fsp3) is 0.333. The SMILES string of the molecule is CC.CNc1c(F)cccc1F. The van der Waals surface area contributed by atoms with Crippen LogP contribution < -0.4 is 5.32 Å². The van der Waals surface area contributed by atoms with E-state index in [0.717, 1.165) is 0 Å². The van der Waals surface area contributed by atoms with E-state index in [1.807, 2.05) is 13.8 Å². The lowest BCUT2D eigenvalue weighted by Crippen LogP contribution is -1.95. The summed E-state index contributed by atoms with van der Waals surface area (Å²) in [5, 5.41) is 2.41. The molecular formula is C9H13F2N. The average molecular weight is 173 g/mol. The summed E-state index contributed by atoms with van der Waals surface area (Å²) in [5.41, 5.74) is -0.0810. The number of hydrogen-bond acceptors (Lipinski definition) is 1. The summed E-state index contributed by atoms with van der Waals surface area (Å²) in [6.07, 6.45) is 0. The lowest BCUT2D eigenvalue weighted by molar-refractivity contribution is 0.590. The van der Waals surface area contributed by atoms with Crippen molar-refractivity contribution < 1.29 is 8.78 Å². The molecule has 0 spiro atoms. The summed E-state index contributed by atoms with van der Waals surface area (Å²) >= 11 is 0. The van der Waals surface area contributed by atoms with Crippen LogP contribution in [0.15, 0.2) is 18.2 Å². The second kappa shape index (κ2) is 5.52. The zero-order valence-corrected chi connectivity index (χ0v) is 7.49. The van der Waals surface area contributed by atoms with Crippen LogP contribution in [0.25, 0.3) is 0 Å². The van der Waals surface area contributed by atoms with Gasteiger partial charge in [-0.25, -0.2) is 8.78 Å². The van der Waals surface area contributed by atoms with E-state index in [9.17, 15) is 8.78 Å². The first-order chi connectivity index (χ1) is 5.75. The first kappa shape index (κ1) is 10.9. The summed E-state index contributed by atoms with van der Waals surface area (Å²) in [6.45, 7) is 4.00. The summed E-state index contributed by atoms with van der Waals surface area (Å²) in [6, 6.07) is 3.73. The molecule has 1 nitrogen and oxygen atoms in total. The Kier molecular flexibility index (Phi) is 5.00. The van der Waals surface area contributed by atoms with E-state index < -0.39 is 11.6 Å². The maximum Gasteiger partial charge on any atom is 0.149 e. The Labute approximate surface area is 71.4 Å². The van der Waals surface area contributed by atoms with Crippen molar-refractivity contribution in [3.63, 3.8) is 0 Å². The molecule has 0 atom stereocenters. The van der Waals surface area contributed by atoms with Crippen molar-refractivity contribution >= 4 is 5.69 Å². The van der Waals surface area contributed by atoms with E-state index in [1.54, 1.807) is 0 Å². The Morgan fingerprint density at radius 3 is 1.75 bits per heavy atom. The van der Waals surface area contributed by atoms with Gasteiger partial charge in [0, 0.05) is 7.05 Å². The van der Waals surface area contributed by atoms with Crippen molar-refractivity contribution in [1.82, 2.24) is 0 Å². The molecule has 0 aliphatic rings. The number of benzene rings is 1. The smallest absolute Gasteiger partial charge is 0.149 e. The van der Waals surface area contributed by atoms with Crippen LogP contribution in [-0.4, -0.2) is 7.05 Å². The van der Waals surface area contributed by atoms with E-state index in [0.29, 0.717) is 0 Å². The Balaban J connectivity index is 0.000000561. The van der Waals surface area contributed by atoms with Crippen LogP contribution in [0.3, 0.4) is 0 Å². The van der Waals surface area contributed by atoms with Gasteiger partial charge in [-0.3, -0.25) is 0 Å². The number of anilines is 1. The minimum atomic E-state index is -0.567. The second-order valence-corrected chi connectivity index (χ2v) is 1.85. The molecule has 1 rings (SSSR count). The highest BCUT2D eigenvalue weighted by atomic mass is 19.1. The molecule has 12 heavy (non-hydrogen) atoms. The zero-order valence-electron chi connectivity index (χ0n) is 7.49. The van der Waals surface area contributed by atoms with Gasteiger partial charge in [0.25, 0.3) is 0 Å². The van der Waals surface area contributed by atoms with Crippen LogP contribution in [0.4, 0.5) is 14.5 Å². The third-order valence-electron chi connectivity index (χ3n) is 1.21. The van der Waals surface area contributed by atoms with Gasteiger partial charge in [-0.1, -0.05) is 19.9 Å². The summed E-state index contributed by atoms with van der Waals surface area (Å²) in [7, 11) is 1.47. The lowest BCUT2D eigenvalue weighted by Gasteiger charge is -2.01. The fourth-order valence-electron chi connectivity index (χ4n) is 0.737. The van der Waals surface area contributed by atoms with Crippen LogP contribution >= 0.6 is 0 Å². The summed E-state index contributed by atoms with van der Waals surface area (Å²) < 4.78 is 25.1. The van der Waals surface area contributed by atoms with Crippen LogP contribution in [0.5, 0.6) is 0 Å². The van der Waals surface area contributed by atoms with Crippen LogP contribution in [-0.2, 0) is 0 Å². The van der Waals surface area contributed by atoms with Crippen molar-refractivity contribution in [3.8, 4) is 0 Å². The molecule has 68 valence electrons. The van der Waals surface area contributed by atoms with Gasteiger partial charge in [0.1, 0.15) is 17.3 Å². The van der Waals surface area contributed by atoms with Crippen LogP contribution in [0, 0.1) is 11.6 Å². The second-order valence-electron chi connectivity index (χ2n) is 1.85. The van der Waals surface area contributed by atoms with Crippen LogP contribution in [0.2, 0.25) is 0 Å². The van der Waals surface area contributed by atoms with Crippen molar-refractivity contribution in [2.24, 2.45) is 0 Å². The Morgan fingerprint density at radius 1 is 1.08 bits per heavy atom. The number of halogens is 2. The minimum Gasteiger partial charge on any atom is -0.383 e. The molecule has 1 aromatic carbocycles. The van der Waals surface area contributed by atoms with Crippen molar-refractivity contribution in [2.45, 2.75) is 13.8 Å². The Bertz CT molecular complexity index is 216. The molecule has 0 aromatic heterocycles. The average Bonchev–Trinajstić information content (AvgIpc) is 2.08. The molecule has 0 aliphatic carbocycles. The molecule has 0 bridgehead atoms. The van der Waals surface area contributed by atoms with Gasteiger partial charge < -0.3 is 5.32 Å². The van der Waals surface area contributed by atoms with Gasteiger partial charge in [0.15, 0.2) is 0 Å². The maximum absolute atomic E-state index is 12.5. The molecule has 0 amide bonds. The molecule has 0 unspecified atom stereocenters. The predicted molar refractivity (Wildman–Crippen MR) is 47.3 cm³/mol. The predicted octanol–water partition coefficient (Wildman–Crippen LogP) is 3.03. The molecule has 0 saturated carbocycles. The molecule has 0 fully saturated rings. The van der Waals surface area contributed by atoms with E-state index in [1.165, 1.54) is 25.2 Å². The first-order valence-corrected chi connectivity index (χ1v) is 3.87.